The maximum atomic E-state index is 12.9. The summed E-state index contributed by atoms with van der Waals surface area (Å²) in [6.07, 6.45) is 1.48. The zero-order valence-electron chi connectivity index (χ0n) is 11.2. The summed E-state index contributed by atoms with van der Waals surface area (Å²) in [5.74, 6) is 0.0705. The largest absolute Gasteiger partial charge is 0.479 e. The van der Waals surface area contributed by atoms with Crippen molar-refractivity contribution < 1.29 is 13.9 Å². The monoisotopic (exact) mass is 300 g/mol. The van der Waals surface area contributed by atoms with Gasteiger partial charge in [0.25, 0.3) is 5.91 Å². The maximum absolute atomic E-state index is 12.9. The number of rotatable bonds is 6. The Morgan fingerprint density at radius 2 is 2.30 bits per heavy atom. The van der Waals surface area contributed by atoms with Crippen LogP contribution in [0.25, 0.3) is 0 Å². The lowest BCUT2D eigenvalue weighted by molar-refractivity contribution is -0.128. The number of halogens is 2. The third-order valence-corrected chi connectivity index (χ3v) is 3.63. The third kappa shape index (κ3) is 3.84. The molecule has 0 saturated heterocycles. The quantitative estimate of drug-likeness (QED) is 0.845. The van der Waals surface area contributed by atoms with E-state index in [9.17, 15) is 9.18 Å². The molecule has 1 aromatic carbocycles. The maximum Gasteiger partial charge on any atom is 0.261 e. The zero-order valence-corrected chi connectivity index (χ0v) is 12.0. The van der Waals surface area contributed by atoms with Crippen molar-refractivity contribution in [3.63, 3.8) is 0 Å². The molecule has 1 aliphatic rings. The van der Waals surface area contributed by atoms with Gasteiger partial charge in [0.1, 0.15) is 11.6 Å². The Balaban J connectivity index is 1.93. The summed E-state index contributed by atoms with van der Waals surface area (Å²) in [5, 5.41) is 3.01. The number of carbonyl (C=O) groups excluding carboxylic acids is 1. The Morgan fingerprint density at radius 1 is 1.60 bits per heavy atom. The fourth-order valence-electron chi connectivity index (χ4n) is 1.98. The van der Waals surface area contributed by atoms with Crippen molar-refractivity contribution in [3.8, 4) is 5.75 Å². The molecule has 0 radical (unpaired) electrons. The number of hydrogen-bond acceptors (Lipinski definition) is 3. The van der Waals surface area contributed by atoms with Crippen molar-refractivity contribution in [2.75, 3.05) is 6.54 Å². The fourth-order valence-corrected chi connectivity index (χ4v) is 2.19. The molecule has 6 heteroatoms. The molecule has 0 aliphatic heterocycles. The molecule has 1 saturated carbocycles. The smallest absolute Gasteiger partial charge is 0.261 e. The number of hydrogen-bond donors (Lipinski definition) is 2. The fraction of sp³-hybridized carbons (Fsp3) is 0.500. The SMILES string of the molecule is CC(Oc1ccc(F)cc1Cl)C(=O)NC(CN)C1CC1. The number of carbonyl (C=O) groups is 1. The van der Waals surface area contributed by atoms with E-state index in [1.807, 2.05) is 0 Å². The Labute approximate surface area is 122 Å². The minimum absolute atomic E-state index is 0.00256. The van der Waals surface area contributed by atoms with Crippen LogP contribution in [0.3, 0.4) is 0 Å². The van der Waals surface area contributed by atoms with Crippen molar-refractivity contribution in [3.05, 3.63) is 29.0 Å². The molecular formula is C14H18ClFN2O2. The van der Waals surface area contributed by atoms with E-state index in [2.05, 4.69) is 5.32 Å². The molecular weight excluding hydrogens is 283 g/mol. The second-order valence-electron chi connectivity index (χ2n) is 5.02. The minimum atomic E-state index is -0.717. The summed E-state index contributed by atoms with van der Waals surface area (Å²) in [4.78, 5) is 12.0. The highest BCUT2D eigenvalue weighted by molar-refractivity contribution is 6.32. The van der Waals surface area contributed by atoms with Crippen LogP contribution in [-0.4, -0.2) is 24.6 Å². The molecule has 20 heavy (non-hydrogen) atoms. The second-order valence-corrected chi connectivity index (χ2v) is 5.43. The van der Waals surface area contributed by atoms with Gasteiger partial charge in [-0.1, -0.05) is 11.6 Å². The summed E-state index contributed by atoms with van der Waals surface area (Å²) in [7, 11) is 0. The Bertz CT molecular complexity index is 494. The lowest BCUT2D eigenvalue weighted by Crippen LogP contribution is -2.46. The lowest BCUT2D eigenvalue weighted by atomic mass is 10.2. The van der Waals surface area contributed by atoms with Crippen molar-refractivity contribution in [1.82, 2.24) is 5.32 Å². The molecule has 0 spiro atoms. The molecule has 0 heterocycles. The van der Waals surface area contributed by atoms with Crippen molar-refractivity contribution in [2.45, 2.75) is 31.9 Å². The van der Waals surface area contributed by atoms with Crippen LogP contribution in [0.1, 0.15) is 19.8 Å². The first kappa shape index (κ1) is 15.1. The first-order valence-corrected chi connectivity index (χ1v) is 7.01. The van der Waals surface area contributed by atoms with E-state index in [4.69, 9.17) is 22.1 Å². The Morgan fingerprint density at radius 3 is 2.85 bits per heavy atom. The van der Waals surface area contributed by atoms with E-state index >= 15 is 0 Å². The number of benzene rings is 1. The number of amides is 1. The average Bonchev–Trinajstić information content (AvgIpc) is 3.23. The standard InChI is InChI=1S/C14H18ClFN2O2/c1-8(14(19)18-12(7-17)9-2-3-9)20-13-5-4-10(16)6-11(13)15/h4-6,8-9,12H,2-3,7,17H2,1H3,(H,18,19). The second kappa shape index (κ2) is 6.41. The molecule has 2 rings (SSSR count). The topological polar surface area (TPSA) is 64.3 Å². The van der Waals surface area contributed by atoms with Crippen molar-refractivity contribution in [2.24, 2.45) is 11.7 Å². The van der Waals surface area contributed by atoms with Gasteiger partial charge in [-0.3, -0.25) is 4.79 Å². The number of ether oxygens (including phenoxy) is 1. The van der Waals surface area contributed by atoms with E-state index in [0.29, 0.717) is 12.5 Å². The van der Waals surface area contributed by atoms with Crippen LogP contribution in [-0.2, 0) is 4.79 Å². The van der Waals surface area contributed by atoms with Crippen LogP contribution in [0.4, 0.5) is 4.39 Å². The first-order chi connectivity index (χ1) is 9.51. The van der Waals surface area contributed by atoms with Crippen LogP contribution < -0.4 is 15.8 Å². The van der Waals surface area contributed by atoms with Gasteiger partial charge < -0.3 is 15.8 Å². The summed E-state index contributed by atoms with van der Waals surface area (Å²) >= 11 is 5.86. The van der Waals surface area contributed by atoms with Crippen LogP contribution in [0, 0.1) is 11.7 Å². The van der Waals surface area contributed by atoms with Gasteiger partial charge in [-0.15, -0.1) is 0 Å². The molecule has 1 aliphatic carbocycles. The van der Waals surface area contributed by atoms with Crippen LogP contribution in [0.2, 0.25) is 5.02 Å². The molecule has 2 unspecified atom stereocenters. The number of nitrogens with two attached hydrogens (primary N) is 1. The van der Waals surface area contributed by atoms with E-state index in [1.165, 1.54) is 12.1 Å². The molecule has 1 amide bonds. The highest BCUT2D eigenvalue weighted by Gasteiger charge is 2.32. The van der Waals surface area contributed by atoms with Gasteiger partial charge in [0.15, 0.2) is 6.10 Å². The highest BCUT2D eigenvalue weighted by Crippen LogP contribution is 2.32. The summed E-state index contributed by atoms with van der Waals surface area (Å²) < 4.78 is 18.4. The van der Waals surface area contributed by atoms with Gasteiger partial charge in [0.2, 0.25) is 0 Å². The normalized spacial score (nSPS) is 17.4. The number of nitrogens with one attached hydrogen (secondary N) is 1. The highest BCUT2D eigenvalue weighted by atomic mass is 35.5. The lowest BCUT2D eigenvalue weighted by Gasteiger charge is -2.20. The van der Waals surface area contributed by atoms with Crippen LogP contribution >= 0.6 is 11.6 Å². The molecule has 0 aromatic heterocycles. The van der Waals surface area contributed by atoms with E-state index < -0.39 is 11.9 Å². The van der Waals surface area contributed by atoms with Crippen LogP contribution in [0.15, 0.2) is 18.2 Å². The third-order valence-electron chi connectivity index (χ3n) is 3.34. The Hall–Kier alpha value is -1.33. The van der Waals surface area contributed by atoms with E-state index in [1.54, 1.807) is 6.92 Å². The average molecular weight is 301 g/mol. The molecule has 1 aromatic rings. The van der Waals surface area contributed by atoms with Gasteiger partial charge in [-0.2, -0.15) is 0 Å². The predicted molar refractivity (Wildman–Crippen MR) is 75.2 cm³/mol. The van der Waals surface area contributed by atoms with Crippen molar-refractivity contribution >= 4 is 17.5 Å². The van der Waals surface area contributed by atoms with Crippen LogP contribution in [0.5, 0.6) is 5.75 Å². The zero-order chi connectivity index (χ0) is 14.7. The van der Waals surface area contributed by atoms with E-state index in [-0.39, 0.29) is 22.7 Å². The van der Waals surface area contributed by atoms with Gasteiger partial charge in [-0.25, -0.2) is 4.39 Å². The molecule has 4 nitrogen and oxygen atoms in total. The molecule has 0 bridgehead atoms. The van der Waals surface area contributed by atoms with E-state index in [0.717, 1.165) is 18.9 Å². The molecule has 3 N–H and O–H groups in total. The predicted octanol–water partition coefficient (Wildman–Crippen LogP) is 2.10. The minimum Gasteiger partial charge on any atom is -0.479 e. The van der Waals surface area contributed by atoms with Gasteiger partial charge >= 0.3 is 0 Å². The first-order valence-electron chi connectivity index (χ1n) is 6.63. The summed E-state index contributed by atoms with van der Waals surface area (Å²) in [6.45, 7) is 2.04. The van der Waals surface area contributed by atoms with Gasteiger partial charge in [0.05, 0.1) is 5.02 Å². The van der Waals surface area contributed by atoms with Gasteiger partial charge in [-0.05, 0) is 43.9 Å². The van der Waals surface area contributed by atoms with Gasteiger partial charge in [0, 0.05) is 12.6 Å². The summed E-state index contributed by atoms with van der Waals surface area (Å²) in [6, 6.07) is 3.79. The van der Waals surface area contributed by atoms with Crippen molar-refractivity contribution in [1.29, 1.82) is 0 Å². The molecule has 2 atom stereocenters. The molecule has 1 fully saturated rings. The molecule has 110 valence electrons. The Kier molecular flexibility index (Phi) is 4.83. The summed E-state index contributed by atoms with van der Waals surface area (Å²) in [5.41, 5.74) is 5.64.